The summed E-state index contributed by atoms with van der Waals surface area (Å²) in [6.07, 6.45) is -4.15. The van der Waals surface area contributed by atoms with Gasteiger partial charge in [-0.25, -0.2) is 0 Å². The van der Waals surface area contributed by atoms with Crippen molar-refractivity contribution in [2.75, 3.05) is 6.61 Å². The van der Waals surface area contributed by atoms with E-state index in [0.717, 1.165) is 6.92 Å². The lowest BCUT2D eigenvalue weighted by Gasteiger charge is -2.12. The molecule has 0 amide bonds. The number of hydrogen-bond acceptors (Lipinski definition) is 2. The van der Waals surface area contributed by atoms with Crippen molar-refractivity contribution in [1.29, 1.82) is 0 Å². The van der Waals surface area contributed by atoms with Crippen molar-refractivity contribution in [2.24, 2.45) is 0 Å². The molecule has 1 aliphatic heterocycles. The Balaban J connectivity index is 2.61. The van der Waals surface area contributed by atoms with Crippen molar-refractivity contribution in [1.82, 2.24) is 4.98 Å². The molecule has 0 radical (unpaired) electrons. The lowest BCUT2D eigenvalue weighted by molar-refractivity contribution is -0.141. The molecular formula is C10H10F3NO2. The molecule has 2 rings (SSSR count). The third-order valence-electron chi connectivity index (χ3n) is 2.57. The van der Waals surface area contributed by atoms with Crippen LogP contribution in [0.3, 0.4) is 0 Å². The smallest absolute Gasteiger partial charge is 0.376 e. The zero-order valence-corrected chi connectivity index (χ0v) is 8.57. The number of carbonyl (C=O) groups excluding carboxylic acids is 1. The number of fused-ring (bicyclic) bond motifs is 1. The maximum atomic E-state index is 12.7. The van der Waals surface area contributed by atoms with E-state index in [2.05, 4.69) is 4.98 Å². The molecule has 2 heterocycles. The van der Waals surface area contributed by atoms with E-state index in [4.69, 9.17) is 4.74 Å². The Hall–Kier alpha value is -1.30. The molecule has 1 aromatic heterocycles. The number of rotatable bonds is 1. The van der Waals surface area contributed by atoms with Gasteiger partial charge in [-0.05, 0) is 6.92 Å². The maximum Gasteiger partial charge on any atom is 0.431 e. The molecular weight excluding hydrogens is 223 g/mol. The summed E-state index contributed by atoms with van der Waals surface area (Å²) in [6.45, 7) is 1.58. The van der Waals surface area contributed by atoms with Crippen LogP contribution in [0, 0.1) is 0 Å². The second-order valence-electron chi connectivity index (χ2n) is 3.69. The highest BCUT2D eigenvalue weighted by atomic mass is 19.4. The molecule has 88 valence electrons. The average Bonchev–Trinajstić information content (AvgIpc) is 2.55. The second kappa shape index (κ2) is 3.62. The Morgan fingerprint density at radius 2 is 2.12 bits per heavy atom. The number of aromatic nitrogens is 1. The normalized spacial score (nSPS) is 16.0. The van der Waals surface area contributed by atoms with Crippen molar-refractivity contribution in [3.8, 4) is 0 Å². The van der Waals surface area contributed by atoms with Crippen molar-refractivity contribution < 1.29 is 22.7 Å². The van der Waals surface area contributed by atoms with E-state index in [9.17, 15) is 18.0 Å². The maximum absolute atomic E-state index is 12.7. The van der Waals surface area contributed by atoms with Crippen LogP contribution < -0.4 is 0 Å². The van der Waals surface area contributed by atoms with Crippen LogP contribution in [0.4, 0.5) is 13.2 Å². The van der Waals surface area contributed by atoms with Crippen LogP contribution in [0.2, 0.25) is 0 Å². The van der Waals surface area contributed by atoms with Gasteiger partial charge in [0.15, 0.2) is 5.78 Å². The molecule has 3 nitrogen and oxygen atoms in total. The van der Waals surface area contributed by atoms with E-state index in [1.807, 2.05) is 0 Å². The number of nitrogens with one attached hydrogen (secondary N) is 1. The molecule has 0 aliphatic carbocycles. The topological polar surface area (TPSA) is 42.1 Å². The highest BCUT2D eigenvalue weighted by Gasteiger charge is 2.39. The monoisotopic (exact) mass is 233 g/mol. The largest absolute Gasteiger partial charge is 0.431 e. The Morgan fingerprint density at radius 1 is 1.44 bits per heavy atom. The fraction of sp³-hybridized carbons (Fsp3) is 0.500. The number of halogens is 3. The highest BCUT2D eigenvalue weighted by molar-refractivity contribution is 5.97. The Morgan fingerprint density at radius 3 is 2.69 bits per heavy atom. The average molecular weight is 233 g/mol. The van der Waals surface area contributed by atoms with Crippen LogP contribution in [0.25, 0.3) is 0 Å². The van der Waals surface area contributed by atoms with Crippen molar-refractivity contribution in [2.45, 2.75) is 26.1 Å². The summed E-state index contributed by atoms with van der Waals surface area (Å²) < 4.78 is 43.1. The van der Waals surface area contributed by atoms with Gasteiger partial charge in [0.2, 0.25) is 0 Å². The summed E-state index contributed by atoms with van der Waals surface area (Å²) in [7, 11) is 0. The SMILES string of the molecule is CC(=O)c1c(C(F)(F)F)[nH]c2c1COCC2. The van der Waals surface area contributed by atoms with Gasteiger partial charge in [-0.15, -0.1) is 0 Å². The van der Waals surface area contributed by atoms with E-state index in [0.29, 0.717) is 24.3 Å². The van der Waals surface area contributed by atoms with E-state index >= 15 is 0 Å². The van der Waals surface area contributed by atoms with Crippen LogP contribution in [-0.4, -0.2) is 17.4 Å². The highest BCUT2D eigenvalue weighted by Crippen LogP contribution is 2.35. The third-order valence-corrected chi connectivity index (χ3v) is 2.57. The number of H-pyrrole nitrogens is 1. The summed E-state index contributed by atoms with van der Waals surface area (Å²) in [4.78, 5) is 13.6. The number of ketones is 1. The van der Waals surface area contributed by atoms with Gasteiger partial charge in [-0.2, -0.15) is 13.2 Å². The summed E-state index contributed by atoms with van der Waals surface area (Å²) in [5, 5.41) is 0. The van der Waals surface area contributed by atoms with E-state index in [-0.39, 0.29) is 12.2 Å². The van der Waals surface area contributed by atoms with Gasteiger partial charge in [-0.3, -0.25) is 4.79 Å². The number of hydrogen-bond donors (Lipinski definition) is 1. The Kier molecular flexibility index (Phi) is 2.53. The fourth-order valence-corrected chi connectivity index (χ4v) is 1.91. The summed E-state index contributed by atoms with van der Waals surface area (Å²) >= 11 is 0. The van der Waals surface area contributed by atoms with Crippen LogP contribution >= 0.6 is 0 Å². The first-order valence-corrected chi connectivity index (χ1v) is 4.81. The lowest BCUT2D eigenvalue weighted by Crippen LogP contribution is -2.13. The summed E-state index contributed by atoms with van der Waals surface area (Å²) in [5.74, 6) is -0.588. The molecule has 0 bridgehead atoms. The van der Waals surface area contributed by atoms with Crippen LogP contribution in [0.5, 0.6) is 0 Å². The zero-order valence-electron chi connectivity index (χ0n) is 8.57. The standard InChI is InChI=1S/C10H10F3NO2/c1-5(15)8-6-4-16-3-2-7(6)14-9(8)10(11,12)13/h14H,2-4H2,1H3. The number of carbonyl (C=O) groups is 1. The molecule has 1 aromatic rings. The molecule has 6 heteroatoms. The van der Waals surface area contributed by atoms with Gasteiger partial charge in [0, 0.05) is 17.7 Å². The molecule has 16 heavy (non-hydrogen) atoms. The zero-order chi connectivity index (χ0) is 11.9. The van der Waals surface area contributed by atoms with Crippen molar-refractivity contribution >= 4 is 5.78 Å². The van der Waals surface area contributed by atoms with Gasteiger partial charge in [-0.1, -0.05) is 0 Å². The molecule has 0 aromatic carbocycles. The van der Waals surface area contributed by atoms with Gasteiger partial charge in [0.05, 0.1) is 18.8 Å². The number of Topliss-reactive ketones (excluding diaryl/α,β-unsaturated/α-hetero) is 1. The first-order valence-electron chi connectivity index (χ1n) is 4.81. The lowest BCUT2D eigenvalue weighted by atomic mass is 10.0. The minimum atomic E-state index is -4.53. The third kappa shape index (κ3) is 1.73. The molecule has 0 atom stereocenters. The van der Waals surface area contributed by atoms with E-state index < -0.39 is 17.7 Å². The molecule has 0 spiro atoms. The van der Waals surface area contributed by atoms with Gasteiger partial charge in [0.1, 0.15) is 5.69 Å². The summed E-state index contributed by atoms with van der Waals surface area (Å²) in [6, 6.07) is 0. The molecule has 1 aliphatic rings. The molecule has 0 fully saturated rings. The van der Waals surface area contributed by atoms with Gasteiger partial charge >= 0.3 is 6.18 Å². The molecule has 1 N–H and O–H groups in total. The van der Waals surface area contributed by atoms with Crippen molar-refractivity contribution in [3.63, 3.8) is 0 Å². The fourth-order valence-electron chi connectivity index (χ4n) is 1.91. The quantitative estimate of drug-likeness (QED) is 0.756. The molecule has 0 saturated carbocycles. The van der Waals surface area contributed by atoms with Crippen molar-refractivity contribution in [3.05, 3.63) is 22.5 Å². The van der Waals surface area contributed by atoms with Crippen LogP contribution in [0.15, 0.2) is 0 Å². The van der Waals surface area contributed by atoms with Gasteiger partial charge < -0.3 is 9.72 Å². The number of alkyl halides is 3. The Labute approximate surface area is 89.6 Å². The molecule has 0 unspecified atom stereocenters. The van der Waals surface area contributed by atoms with Gasteiger partial charge in [0.25, 0.3) is 0 Å². The second-order valence-corrected chi connectivity index (χ2v) is 3.69. The number of ether oxygens (including phenoxy) is 1. The van der Waals surface area contributed by atoms with Crippen LogP contribution in [0.1, 0.15) is 34.2 Å². The van der Waals surface area contributed by atoms with E-state index in [1.165, 1.54) is 0 Å². The first-order chi connectivity index (χ1) is 7.41. The molecule has 0 saturated heterocycles. The van der Waals surface area contributed by atoms with E-state index in [1.54, 1.807) is 0 Å². The summed E-state index contributed by atoms with van der Waals surface area (Å²) in [5.41, 5.74) is -0.410. The Bertz CT molecular complexity index is 434. The predicted octanol–water partition coefficient (Wildman–Crippen LogP) is 2.31. The first kappa shape index (κ1) is 11.2. The van der Waals surface area contributed by atoms with Crippen LogP contribution in [-0.2, 0) is 23.9 Å². The minimum absolute atomic E-state index is 0.0663. The number of aromatic amines is 1. The minimum Gasteiger partial charge on any atom is -0.376 e. The predicted molar refractivity (Wildman–Crippen MR) is 49.2 cm³/mol.